The maximum atomic E-state index is 2.28. The Morgan fingerprint density at radius 2 is 1.43 bits per heavy atom. The molecule has 102 valence electrons. The quantitative estimate of drug-likeness (QED) is 0.565. The molecule has 1 heterocycles. The van der Waals surface area contributed by atoms with Crippen molar-refractivity contribution in [2.24, 2.45) is 0 Å². The van der Waals surface area contributed by atoms with E-state index < -0.39 is 0 Å². The van der Waals surface area contributed by atoms with Crippen molar-refractivity contribution in [3.63, 3.8) is 0 Å². The van der Waals surface area contributed by atoms with Crippen LogP contribution in [0.2, 0.25) is 0 Å². The smallest absolute Gasteiger partial charge is 0.0241 e. The van der Waals surface area contributed by atoms with Gasteiger partial charge in [0.05, 0.1) is 0 Å². The zero-order valence-electron chi connectivity index (χ0n) is 11.8. The second kappa shape index (κ2) is 5.42. The van der Waals surface area contributed by atoms with Gasteiger partial charge in [0.1, 0.15) is 0 Å². The minimum absolute atomic E-state index is 1.04. The van der Waals surface area contributed by atoms with E-state index in [0.29, 0.717) is 0 Å². The highest BCUT2D eigenvalue weighted by Gasteiger charge is 2.16. The predicted octanol–water partition coefficient (Wildman–Crippen LogP) is 5.55. The van der Waals surface area contributed by atoms with E-state index in [4.69, 9.17) is 0 Å². The standard InChI is InChI=1S/C20H16S/c1-2-7-15(8-3-1)18-11-6-10-16-13-17-9-4-5-12-20(17)21-14-19(16)18/h1-12H,13-14H2. The Bertz CT molecular complexity index is 775. The highest BCUT2D eigenvalue weighted by Crippen LogP contribution is 2.37. The molecule has 3 aromatic carbocycles. The van der Waals surface area contributed by atoms with Crippen LogP contribution >= 0.6 is 11.8 Å². The molecule has 1 aliphatic rings. The first-order chi connectivity index (χ1) is 10.4. The maximum Gasteiger partial charge on any atom is 0.0241 e. The van der Waals surface area contributed by atoms with Gasteiger partial charge in [-0.1, -0.05) is 66.7 Å². The SMILES string of the molecule is c1ccc(-c2cccc3c2CSc2ccccc2C3)cc1. The fourth-order valence-electron chi connectivity index (χ4n) is 3.00. The van der Waals surface area contributed by atoms with Crippen molar-refractivity contribution < 1.29 is 0 Å². The number of hydrogen-bond acceptors (Lipinski definition) is 1. The lowest BCUT2D eigenvalue weighted by Gasteiger charge is -2.12. The lowest BCUT2D eigenvalue weighted by molar-refractivity contribution is 1.12. The van der Waals surface area contributed by atoms with Crippen LogP contribution in [0.5, 0.6) is 0 Å². The molecule has 0 atom stereocenters. The fourth-order valence-corrected chi connectivity index (χ4v) is 4.15. The van der Waals surface area contributed by atoms with Crippen LogP contribution < -0.4 is 0 Å². The van der Waals surface area contributed by atoms with E-state index in [-0.39, 0.29) is 0 Å². The molecule has 0 saturated heterocycles. The van der Waals surface area contributed by atoms with E-state index in [9.17, 15) is 0 Å². The Morgan fingerprint density at radius 1 is 0.667 bits per heavy atom. The molecule has 3 aromatic rings. The minimum atomic E-state index is 1.04. The van der Waals surface area contributed by atoms with Crippen molar-refractivity contribution in [3.8, 4) is 11.1 Å². The van der Waals surface area contributed by atoms with Crippen molar-refractivity contribution >= 4 is 11.8 Å². The van der Waals surface area contributed by atoms with E-state index in [1.165, 1.54) is 32.7 Å². The molecule has 21 heavy (non-hydrogen) atoms. The Labute approximate surface area is 129 Å². The molecule has 0 amide bonds. The van der Waals surface area contributed by atoms with Crippen LogP contribution in [-0.2, 0) is 12.2 Å². The Hall–Kier alpha value is -1.99. The molecule has 0 fully saturated rings. The summed E-state index contributed by atoms with van der Waals surface area (Å²) >= 11 is 1.96. The minimum Gasteiger partial charge on any atom is -0.121 e. The first kappa shape index (κ1) is 12.7. The van der Waals surface area contributed by atoms with E-state index >= 15 is 0 Å². The summed E-state index contributed by atoms with van der Waals surface area (Å²) in [5, 5.41) is 0. The third-order valence-electron chi connectivity index (χ3n) is 4.08. The van der Waals surface area contributed by atoms with Gasteiger partial charge in [-0.2, -0.15) is 0 Å². The van der Waals surface area contributed by atoms with Gasteiger partial charge in [0.2, 0.25) is 0 Å². The van der Waals surface area contributed by atoms with Crippen LogP contribution in [0.15, 0.2) is 77.7 Å². The average molecular weight is 288 g/mol. The van der Waals surface area contributed by atoms with Crippen molar-refractivity contribution in [2.45, 2.75) is 17.1 Å². The van der Waals surface area contributed by atoms with Crippen LogP contribution in [0.25, 0.3) is 11.1 Å². The molecule has 0 radical (unpaired) electrons. The number of rotatable bonds is 1. The molecule has 0 N–H and O–H groups in total. The van der Waals surface area contributed by atoms with Gasteiger partial charge >= 0.3 is 0 Å². The second-order valence-corrected chi connectivity index (χ2v) is 6.40. The summed E-state index contributed by atoms with van der Waals surface area (Å²) in [6.07, 6.45) is 1.04. The molecule has 1 heteroatoms. The molecule has 4 rings (SSSR count). The predicted molar refractivity (Wildman–Crippen MR) is 90.7 cm³/mol. The Balaban J connectivity index is 1.84. The molecule has 0 spiro atoms. The van der Waals surface area contributed by atoms with Crippen molar-refractivity contribution in [1.82, 2.24) is 0 Å². The summed E-state index contributed by atoms with van der Waals surface area (Å²) in [4.78, 5) is 1.42. The van der Waals surface area contributed by atoms with Crippen LogP contribution in [0, 0.1) is 0 Å². The normalized spacial score (nSPS) is 13.1. The number of fused-ring (bicyclic) bond motifs is 2. The third kappa shape index (κ3) is 2.38. The highest BCUT2D eigenvalue weighted by molar-refractivity contribution is 7.98. The summed E-state index contributed by atoms with van der Waals surface area (Å²) in [5.74, 6) is 1.05. The lowest BCUT2D eigenvalue weighted by atomic mass is 9.93. The van der Waals surface area contributed by atoms with Crippen molar-refractivity contribution in [1.29, 1.82) is 0 Å². The summed E-state index contributed by atoms with van der Waals surface area (Å²) in [7, 11) is 0. The fraction of sp³-hybridized carbons (Fsp3) is 0.100. The van der Waals surface area contributed by atoms with E-state index in [0.717, 1.165) is 12.2 Å². The molecule has 0 bridgehead atoms. The van der Waals surface area contributed by atoms with Crippen LogP contribution in [-0.4, -0.2) is 0 Å². The van der Waals surface area contributed by atoms with Gasteiger partial charge in [0.25, 0.3) is 0 Å². The largest absolute Gasteiger partial charge is 0.121 e. The molecule has 0 aliphatic carbocycles. The zero-order chi connectivity index (χ0) is 14.1. The van der Waals surface area contributed by atoms with Crippen molar-refractivity contribution in [2.75, 3.05) is 0 Å². The van der Waals surface area contributed by atoms with Gasteiger partial charge in [-0.05, 0) is 40.3 Å². The Kier molecular flexibility index (Phi) is 3.28. The summed E-state index contributed by atoms with van der Waals surface area (Å²) < 4.78 is 0. The summed E-state index contributed by atoms with van der Waals surface area (Å²) in [6.45, 7) is 0. The van der Waals surface area contributed by atoms with Crippen molar-refractivity contribution in [3.05, 3.63) is 89.5 Å². The zero-order valence-corrected chi connectivity index (χ0v) is 12.6. The number of thioether (sulfide) groups is 1. The van der Waals surface area contributed by atoms with E-state index in [1.54, 1.807) is 0 Å². The van der Waals surface area contributed by atoms with Crippen LogP contribution in [0.1, 0.15) is 16.7 Å². The monoisotopic (exact) mass is 288 g/mol. The molecule has 0 unspecified atom stereocenters. The molecule has 0 aromatic heterocycles. The molecular formula is C20H16S. The third-order valence-corrected chi connectivity index (χ3v) is 5.23. The van der Waals surface area contributed by atoms with Gasteiger partial charge in [0.15, 0.2) is 0 Å². The topological polar surface area (TPSA) is 0 Å². The van der Waals surface area contributed by atoms with Gasteiger partial charge in [-0.25, -0.2) is 0 Å². The summed E-state index contributed by atoms with van der Waals surface area (Å²) in [5.41, 5.74) is 7.11. The first-order valence-electron chi connectivity index (χ1n) is 7.29. The molecule has 0 nitrogen and oxygen atoms in total. The lowest BCUT2D eigenvalue weighted by Crippen LogP contribution is -1.95. The maximum absolute atomic E-state index is 2.28. The van der Waals surface area contributed by atoms with E-state index in [2.05, 4.69) is 72.8 Å². The van der Waals surface area contributed by atoms with Gasteiger partial charge in [0, 0.05) is 10.6 Å². The molecule has 1 aliphatic heterocycles. The Morgan fingerprint density at radius 3 is 2.33 bits per heavy atom. The van der Waals surface area contributed by atoms with E-state index in [1.807, 2.05) is 11.8 Å². The number of hydrogen-bond donors (Lipinski definition) is 0. The van der Waals surface area contributed by atoms with Crippen LogP contribution in [0.3, 0.4) is 0 Å². The van der Waals surface area contributed by atoms with Gasteiger partial charge < -0.3 is 0 Å². The van der Waals surface area contributed by atoms with Crippen LogP contribution in [0.4, 0.5) is 0 Å². The molecular weight excluding hydrogens is 272 g/mol. The second-order valence-electron chi connectivity index (χ2n) is 5.38. The first-order valence-corrected chi connectivity index (χ1v) is 8.27. The average Bonchev–Trinajstić information content (AvgIpc) is 2.74. The number of benzene rings is 3. The summed E-state index contributed by atoms with van der Waals surface area (Å²) in [6, 6.07) is 26.2. The van der Waals surface area contributed by atoms with Gasteiger partial charge in [-0.3, -0.25) is 0 Å². The molecule has 0 saturated carbocycles. The van der Waals surface area contributed by atoms with Gasteiger partial charge in [-0.15, -0.1) is 11.8 Å². The highest BCUT2D eigenvalue weighted by atomic mass is 32.2.